The molecule has 0 saturated carbocycles. The van der Waals surface area contributed by atoms with Gasteiger partial charge in [-0.15, -0.1) is 0 Å². The Kier molecular flexibility index (Phi) is 5.70. The first-order chi connectivity index (χ1) is 7.03. The van der Waals surface area contributed by atoms with E-state index in [4.69, 9.17) is 5.63 Å². The summed E-state index contributed by atoms with van der Waals surface area (Å²) in [6, 6.07) is 0. The molecule has 0 aromatic heterocycles. The molecule has 0 N–H and O–H groups in total. The van der Waals surface area contributed by atoms with E-state index in [9.17, 15) is 2.81 Å². The maximum absolute atomic E-state index is 13.5. The summed E-state index contributed by atoms with van der Waals surface area (Å²) >= 11 is -4.81. The van der Waals surface area contributed by atoms with E-state index in [0.717, 1.165) is 0 Å². The summed E-state index contributed by atoms with van der Waals surface area (Å²) in [5.74, 6) is 0. The van der Waals surface area contributed by atoms with Crippen molar-refractivity contribution in [3.05, 3.63) is 0 Å². The van der Waals surface area contributed by atoms with Gasteiger partial charge in [0, 0.05) is 0 Å². The quantitative estimate of drug-likeness (QED) is 0.731. The van der Waals surface area contributed by atoms with E-state index < -0.39 is 19.7 Å². The third-order valence-corrected chi connectivity index (χ3v) is 17.8. The molecule has 0 aromatic rings. The topological polar surface area (TPSA) is 35.5 Å². The van der Waals surface area contributed by atoms with Gasteiger partial charge in [-0.2, -0.15) is 0 Å². The minimum atomic E-state index is -4.81. The predicted octanol–water partition coefficient (Wildman–Crippen LogP) is 4.36. The Balaban J connectivity index is 5.50. The molecule has 0 saturated heterocycles. The second-order valence-corrected chi connectivity index (χ2v) is 18.1. The van der Waals surface area contributed by atoms with E-state index in [2.05, 4.69) is 0 Å². The summed E-state index contributed by atoms with van der Waals surface area (Å²) in [5, 5.41) is 0. The first-order valence-electron chi connectivity index (χ1n) is 6.28. The number of hydrogen-bond donors (Lipinski definition) is 0. The van der Waals surface area contributed by atoms with Gasteiger partial charge in [0.15, 0.2) is 0 Å². The van der Waals surface area contributed by atoms with Gasteiger partial charge < -0.3 is 0 Å². The van der Waals surface area contributed by atoms with Gasteiger partial charge in [-0.1, -0.05) is 0 Å². The van der Waals surface area contributed by atoms with Gasteiger partial charge in [-0.3, -0.25) is 0 Å². The zero-order valence-corrected chi connectivity index (χ0v) is 14.5. The van der Waals surface area contributed by atoms with Gasteiger partial charge in [-0.25, -0.2) is 0 Å². The van der Waals surface area contributed by atoms with Crippen molar-refractivity contribution < 1.29 is 28.1 Å². The molecule has 0 amide bonds. The monoisotopic (exact) mass is 310 g/mol. The summed E-state index contributed by atoms with van der Waals surface area (Å²) in [6.07, 6.45) is -0.127. The fraction of sp³-hybridized carbons (Fsp3) is 1.00. The molecule has 0 fully saturated rings. The van der Waals surface area contributed by atoms with E-state index in [-0.39, 0.29) is 19.5 Å². The first kappa shape index (κ1) is 16.6. The first-order valence-corrected chi connectivity index (χ1v) is 12.1. The van der Waals surface area contributed by atoms with Crippen molar-refractivity contribution >= 4 is 0 Å². The van der Waals surface area contributed by atoms with Crippen molar-refractivity contribution in [2.45, 2.75) is 74.8 Å². The van der Waals surface area contributed by atoms with E-state index in [1.54, 1.807) is 0 Å². The van der Waals surface area contributed by atoms with Gasteiger partial charge >= 0.3 is 103 Å². The summed E-state index contributed by atoms with van der Waals surface area (Å²) in [6.45, 7) is 15.5. The van der Waals surface area contributed by atoms with Crippen LogP contribution >= 0.6 is 0 Å². The van der Waals surface area contributed by atoms with Crippen LogP contribution in [0.3, 0.4) is 0 Å². The molecule has 0 spiro atoms. The van der Waals surface area contributed by atoms with E-state index in [1.165, 1.54) is 0 Å². The third-order valence-electron chi connectivity index (χ3n) is 3.02. The van der Waals surface area contributed by atoms with Crippen molar-refractivity contribution in [1.29, 1.82) is 0 Å². The number of hydrogen-bond acceptors (Lipinski definition) is 3. The van der Waals surface area contributed by atoms with Gasteiger partial charge in [0.2, 0.25) is 0 Å². The Hall–Kier alpha value is 0.603. The molecule has 4 heteroatoms. The molecule has 3 nitrogen and oxygen atoms in total. The number of rotatable bonds is 6. The fourth-order valence-corrected chi connectivity index (χ4v) is 12.8. The molecule has 98 valence electrons. The summed E-state index contributed by atoms with van der Waals surface area (Å²) in [5.41, 5.74) is 0. The Morgan fingerprint density at radius 2 is 0.938 bits per heavy atom. The molecule has 0 atom stereocenters. The summed E-state index contributed by atoms with van der Waals surface area (Å²) < 4.78 is 25.1. The van der Waals surface area contributed by atoms with Crippen molar-refractivity contribution in [2.24, 2.45) is 0 Å². The SMILES string of the molecule is CC(C)[O][Zr](=[O])([O]C(C)C)([CH](C)C)[CH](C)C. The third kappa shape index (κ3) is 3.30. The van der Waals surface area contributed by atoms with Crippen LogP contribution in [0.5, 0.6) is 0 Å². The molecule has 0 heterocycles. The molecule has 16 heavy (non-hydrogen) atoms. The van der Waals surface area contributed by atoms with Crippen LogP contribution in [0.25, 0.3) is 0 Å². The van der Waals surface area contributed by atoms with Crippen molar-refractivity contribution in [2.75, 3.05) is 0 Å². The van der Waals surface area contributed by atoms with Gasteiger partial charge in [0.05, 0.1) is 0 Å². The van der Waals surface area contributed by atoms with Crippen LogP contribution in [-0.2, 0) is 28.1 Å². The maximum atomic E-state index is 13.5. The van der Waals surface area contributed by atoms with E-state index in [1.807, 2.05) is 55.4 Å². The van der Waals surface area contributed by atoms with Crippen LogP contribution < -0.4 is 0 Å². The van der Waals surface area contributed by atoms with Gasteiger partial charge in [0.25, 0.3) is 0 Å². The molecule has 0 radical (unpaired) electrons. The normalized spacial score (nSPS) is 14.6. The Bertz CT molecular complexity index is 252. The van der Waals surface area contributed by atoms with Crippen molar-refractivity contribution in [3.63, 3.8) is 0 Å². The van der Waals surface area contributed by atoms with Crippen molar-refractivity contribution in [3.8, 4) is 0 Å². The molecule has 0 bridgehead atoms. The molecular formula is C12H28O3Zr. The van der Waals surface area contributed by atoms with Crippen LogP contribution in [0.4, 0.5) is 0 Å². The second kappa shape index (κ2) is 5.50. The Morgan fingerprint density at radius 1 is 0.688 bits per heavy atom. The molecule has 0 aliphatic rings. The zero-order valence-electron chi connectivity index (χ0n) is 12.0. The van der Waals surface area contributed by atoms with Crippen LogP contribution in [0.1, 0.15) is 55.4 Å². The van der Waals surface area contributed by atoms with Crippen LogP contribution in [0.2, 0.25) is 7.25 Å². The van der Waals surface area contributed by atoms with Crippen LogP contribution in [0.15, 0.2) is 0 Å². The van der Waals surface area contributed by atoms with Crippen LogP contribution in [-0.4, -0.2) is 12.2 Å². The van der Waals surface area contributed by atoms with Crippen LogP contribution in [0, 0.1) is 0 Å². The molecule has 0 aliphatic carbocycles. The summed E-state index contributed by atoms with van der Waals surface area (Å²) in [4.78, 5) is 0. The molecule has 0 unspecified atom stereocenters. The molecule has 0 aromatic carbocycles. The average Bonchev–Trinajstić information content (AvgIpc) is 1.99. The van der Waals surface area contributed by atoms with E-state index >= 15 is 0 Å². The standard InChI is InChI=1S/2C3H7O.2C3H7.O.Zr/c2*1-3(2)4;2*1-3-2;;/h2*3H,1-2H3;2*3H,1-2H3;;/q2*-1;;;;+2. The Morgan fingerprint density at radius 3 is 1.06 bits per heavy atom. The predicted molar refractivity (Wildman–Crippen MR) is 63.3 cm³/mol. The Labute approximate surface area is 103 Å². The zero-order chi connectivity index (χ0) is 13.2. The van der Waals surface area contributed by atoms with Gasteiger partial charge in [0.1, 0.15) is 0 Å². The molecule has 0 aliphatic heterocycles. The fourth-order valence-electron chi connectivity index (χ4n) is 2.17. The average molecular weight is 312 g/mol. The second-order valence-electron chi connectivity index (χ2n) is 5.77. The van der Waals surface area contributed by atoms with Gasteiger partial charge in [-0.05, 0) is 0 Å². The molecular weight excluding hydrogens is 283 g/mol. The van der Waals surface area contributed by atoms with Crippen molar-refractivity contribution in [1.82, 2.24) is 0 Å². The summed E-state index contributed by atoms with van der Waals surface area (Å²) in [7, 11) is 0. The minimum absolute atomic E-state index is 0.0498. The molecule has 0 rings (SSSR count). The van der Waals surface area contributed by atoms with E-state index in [0.29, 0.717) is 0 Å².